The molecule has 0 saturated carbocycles. The molecule has 0 unspecified atom stereocenters. The standard InChI is InChI=1S/C14H11Cl2N3O2/c1-2-18-6-5-17-10(18)7-19-12-9(16)4-3-8(15)11(12)13(20)14(19)21/h3-6H,2,7H2,1H3. The summed E-state index contributed by atoms with van der Waals surface area (Å²) in [6, 6.07) is 3.10. The molecule has 7 heteroatoms. The van der Waals surface area contributed by atoms with Gasteiger partial charge in [0.1, 0.15) is 5.82 Å². The van der Waals surface area contributed by atoms with Crippen LogP contribution in [0.5, 0.6) is 0 Å². The molecule has 0 radical (unpaired) electrons. The molecule has 2 aromatic rings. The summed E-state index contributed by atoms with van der Waals surface area (Å²) in [6.07, 6.45) is 3.47. The van der Waals surface area contributed by atoms with Crippen molar-refractivity contribution in [1.82, 2.24) is 9.55 Å². The first-order valence-corrected chi connectivity index (χ1v) is 7.14. The van der Waals surface area contributed by atoms with Crippen LogP contribution in [0, 0.1) is 0 Å². The van der Waals surface area contributed by atoms with Crippen molar-refractivity contribution in [1.29, 1.82) is 0 Å². The second kappa shape index (κ2) is 5.16. The van der Waals surface area contributed by atoms with Gasteiger partial charge in [0.25, 0.3) is 11.7 Å². The molecule has 21 heavy (non-hydrogen) atoms. The summed E-state index contributed by atoms with van der Waals surface area (Å²) in [5.74, 6) is -0.583. The van der Waals surface area contributed by atoms with Crippen LogP contribution >= 0.6 is 23.2 Å². The second-order valence-electron chi connectivity index (χ2n) is 4.60. The van der Waals surface area contributed by atoms with E-state index in [0.717, 1.165) is 6.54 Å². The van der Waals surface area contributed by atoms with E-state index in [1.807, 2.05) is 17.7 Å². The van der Waals surface area contributed by atoms with Gasteiger partial charge in [0.15, 0.2) is 0 Å². The van der Waals surface area contributed by atoms with Crippen molar-refractivity contribution in [3.8, 4) is 0 Å². The van der Waals surface area contributed by atoms with Gasteiger partial charge in [-0.15, -0.1) is 0 Å². The summed E-state index contributed by atoms with van der Waals surface area (Å²) in [5, 5.41) is 0.553. The Labute approximate surface area is 131 Å². The number of ketones is 1. The Balaban J connectivity index is 2.08. The number of imidazole rings is 1. The van der Waals surface area contributed by atoms with E-state index in [1.54, 1.807) is 12.3 Å². The molecule has 1 amide bonds. The summed E-state index contributed by atoms with van der Waals surface area (Å²) in [4.78, 5) is 29.9. The summed E-state index contributed by atoms with van der Waals surface area (Å²) < 4.78 is 1.90. The van der Waals surface area contributed by atoms with Crippen molar-refractivity contribution in [2.45, 2.75) is 20.0 Å². The third kappa shape index (κ3) is 2.13. The molecule has 0 aliphatic carbocycles. The predicted octanol–water partition coefficient (Wildman–Crippen LogP) is 2.94. The number of rotatable bonds is 3. The highest BCUT2D eigenvalue weighted by molar-refractivity contribution is 6.56. The number of anilines is 1. The van der Waals surface area contributed by atoms with Crippen LogP contribution in [0.1, 0.15) is 23.1 Å². The van der Waals surface area contributed by atoms with Crippen LogP contribution in [0.15, 0.2) is 24.5 Å². The fourth-order valence-corrected chi connectivity index (χ4v) is 2.92. The maximum atomic E-state index is 12.2. The van der Waals surface area contributed by atoms with Gasteiger partial charge in [-0.3, -0.25) is 14.5 Å². The van der Waals surface area contributed by atoms with Crippen molar-refractivity contribution >= 4 is 40.6 Å². The predicted molar refractivity (Wildman–Crippen MR) is 79.9 cm³/mol. The van der Waals surface area contributed by atoms with Crippen LogP contribution in [0.25, 0.3) is 0 Å². The maximum Gasteiger partial charge on any atom is 0.300 e. The Kier molecular flexibility index (Phi) is 3.47. The van der Waals surface area contributed by atoms with Gasteiger partial charge in [0.2, 0.25) is 0 Å². The van der Waals surface area contributed by atoms with Crippen molar-refractivity contribution in [3.63, 3.8) is 0 Å². The Hall–Kier alpha value is -1.85. The van der Waals surface area contributed by atoms with E-state index < -0.39 is 11.7 Å². The molecule has 1 aliphatic heterocycles. The molecule has 0 N–H and O–H groups in total. The van der Waals surface area contributed by atoms with Crippen LogP contribution in [0.3, 0.4) is 0 Å². The smallest absolute Gasteiger partial charge is 0.300 e. The molecule has 0 atom stereocenters. The number of nitrogens with zero attached hydrogens (tertiary/aromatic N) is 3. The van der Waals surface area contributed by atoms with Crippen molar-refractivity contribution in [3.05, 3.63) is 46.0 Å². The van der Waals surface area contributed by atoms with E-state index in [0.29, 0.717) is 16.5 Å². The van der Waals surface area contributed by atoms with Gasteiger partial charge in [0.05, 0.1) is 27.8 Å². The molecule has 3 rings (SSSR count). The third-order valence-corrected chi connectivity index (χ3v) is 4.08. The number of carbonyl (C=O) groups excluding carboxylic acids is 2. The lowest BCUT2D eigenvalue weighted by atomic mass is 10.1. The molecule has 2 heterocycles. The van der Waals surface area contributed by atoms with E-state index in [-0.39, 0.29) is 17.1 Å². The fourth-order valence-electron chi connectivity index (χ4n) is 2.42. The Morgan fingerprint density at radius 3 is 2.62 bits per heavy atom. The van der Waals surface area contributed by atoms with Crippen LogP contribution in [-0.4, -0.2) is 21.2 Å². The fraction of sp³-hybridized carbons (Fsp3) is 0.214. The minimum absolute atomic E-state index is 0.170. The normalized spacial score (nSPS) is 14.0. The van der Waals surface area contributed by atoms with E-state index in [1.165, 1.54) is 11.0 Å². The van der Waals surface area contributed by atoms with Gasteiger partial charge in [0, 0.05) is 18.9 Å². The molecule has 108 valence electrons. The van der Waals surface area contributed by atoms with Crippen LogP contribution in [0.4, 0.5) is 5.69 Å². The average molecular weight is 324 g/mol. The number of hydrogen-bond acceptors (Lipinski definition) is 3. The zero-order valence-electron chi connectivity index (χ0n) is 11.1. The molecular weight excluding hydrogens is 313 g/mol. The number of aromatic nitrogens is 2. The highest BCUT2D eigenvalue weighted by atomic mass is 35.5. The van der Waals surface area contributed by atoms with Gasteiger partial charge in [-0.25, -0.2) is 4.98 Å². The van der Waals surface area contributed by atoms with Crippen molar-refractivity contribution in [2.75, 3.05) is 4.90 Å². The number of hydrogen-bond donors (Lipinski definition) is 0. The minimum atomic E-state index is -0.634. The highest BCUT2D eigenvalue weighted by Gasteiger charge is 2.39. The average Bonchev–Trinajstić information content (AvgIpc) is 3.02. The number of amides is 1. The first-order valence-electron chi connectivity index (χ1n) is 6.38. The molecule has 0 spiro atoms. The maximum absolute atomic E-state index is 12.2. The van der Waals surface area contributed by atoms with Crippen molar-refractivity contribution < 1.29 is 9.59 Å². The quantitative estimate of drug-likeness (QED) is 0.816. The largest absolute Gasteiger partial charge is 0.334 e. The van der Waals surface area contributed by atoms with E-state index in [9.17, 15) is 9.59 Å². The number of aryl methyl sites for hydroxylation is 1. The number of Topliss-reactive ketones (excluding diaryl/α,β-unsaturated/α-hetero) is 1. The van der Waals surface area contributed by atoms with Crippen molar-refractivity contribution in [2.24, 2.45) is 0 Å². The summed E-state index contributed by atoms with van der Waals surface area (Å²) in [7, 11) is 0. The highest BCUT2D eigenvalue weighted by Crippen LogP contribution is 2.40. The molecule has 1 aliphatic rings. The van der Waals surface area contributed by atoms with E-state index in [2.05, 4.69) is 4.98 Å². The molecule has 0 bridgehead atoms. The van der Waals surface area contributed by atoms with Gasteiger partial charge in [-0.2, -0.15) is 0 Å². The Morgan fingerprint density at radius 2 is 1.90 bits per heavy atom. The van der Waals surface area contributed by atoms with E-state index in [4.69, 9.17) is 23.2 Å². The lowest BCUT2D eigenvalue weighted by Gasteiger charge is -2.18. The number of carbonyl (C=O) groups is 2. The van der Waals surface area contributed by atoms with Crippen LogP contribution in [-0.2, 0) is 17.9 Å². The summed E-state index contributed by atoms with van der Waals surface area (Å²) in [5.41, 5.74) is 0.536. The molecule has 0 fully saturated rings. The first-order chi connectivity index (χ1) is 10.0. The summed E-state index contributed by atoms with van der Waals surface area (Å²) >= 11 is 12.2. The monoisotopic (exact) mass is 323 g/mol. The minimum Gasteiger partial charge on any atom is -0.334 e. The first kappa shape index (κ1) is 14.1. The van der Waals surface area contributed by atoms with Crippen LogP contribution < -0.4 is 4.90 Å². The molecule has 1 aromatic heterocycles. The Morgan fingerprint density at radius 1 is 1.19 bits per heavy atom. The van der Waals surface area contributed by atoms with Gasteiger partial charge >= 0.3 is 0 Å². The second-order valence-corrected chi connectivity index (χ2v) is 5.42. The number of halogens is 2. The molecule has 0 saturated heterocycles. The topological polar surface area (TPSA) is 55.2 Å². The molecule has 1 aromatic carbocycles. The lowest BCUT2D eigenvalue weighted by molar-refractivity contribution is -0.114. The van der Waals surface area contributed by atoms with E-state index >= 15 is 0 Å². The molecule has 5 nitrogen and oxygen atoms in total. The van der Waals surface area contributed by atoms with Gasteiger partial charge in [-0.05, 0) is 19.1 Å². The molecular formula is C14H11Cl2N3O2. The zero-order chi connectivity index (χ0) is 15.1. The van der Waals surface area contributed by atoms with Gasteiger partial charge < -0.3 is 4.57 Å². The third-order valence-electron chi connectivity index (χ3n) is 3.46. The number of benzene rings is 1. The lowest BCUT2D eigenvalue weighted by Crippen LogP contribution is -2.30. The summed E-state index contributed by atoms with van der Waals surface area (Å²) in [6.45, 7) is 2.87. The Bertz CT molecular complexity index is 755. The zero-order valence-corrected chi connectivity index (χ0v) is 12.6. The SMILES string of the molecule is CCn1ccnc1CN1C(=O)C(=O)c2c(Cl)ccc(Cl)c21. The van der Waals surface area contributed by atoms with Gasteiger partial charge in [-0.1, -0.05) is 23.2 Å². The number of fused-ring (bicyclic) bond motifs is 1. The van der Waals surface area contributed by atoms with Crippen LogP contribution in [0.2, 0.25) is 10.0 Å².